The van der Waals surface area contributed by atoms with Crippen LogP contribution in [0.2, 0.25) is 0 Å². The van der Waals surface area contributed by atoms with Crippen LogP contribution < -0.4 is 9.47 Å². The zero-order valence-corrected chi connectivity index (χ0v) is 21.5. The fourth-order valence-corrected chi connectivity index (χ4v) is 5.01. The summed E-state index contributed by atoms with van der Waals surface area (Å²) in [4.78, 5) is 28.3. The summed E-state index contributed by atoms with van der Waals surface area (Å²) >= 11 is 0. The van der Waals surface area contributed by atoms with Gasteiger partial charge in [-0.15, -0.1) is 0 Å². The molecule has 36 heavy (non-hydrogen) atoms. The monoisotopic (exact) mass is 493 g/mol. The molecule has 2 atom stereocenters. The molecule has 1 fully saturated rings. The van der Waals surface area contributed by atoms with Crippen LogP contribution in [0, 0.1) is 6.92 Å². The molecule has 2 heterocycles. The average molecular weight is 494 g/mol. The molecule has 0 bridgehead atoms. The third-order valence-corrected chi connectivity index (χ3v) is 6.83. The molecular formula is C28H35N3O5. The number of aryl methyl sites for hydroxylation is 1. The third-order valence-electron chi connectivity index (χ3n) is 6.83. The Morgan fingerprint density at radius 2 is 1.92 bits per heavy atom. The number of amides is 1. The Morgan fingerprint density at radius 3 is 2.64 bits per heavy atom. The van der Waals surface area contributed by atoms with Gasteiger partial charge in [-0.3, -0.25) is 14.5 Å². The Balaban J connectivity index is 1.65. The first-order chi connectivity index (χ1) is 17.4. The Hall–Kier alpha value is -3.39. The highest BCUT2D eigenvalue weighted by molar-refractivity contribution is 6.03. The molecule has 0 aromatic heterocycles. The van der Waals surface area contributed by atoms with E-state index in [-0.39, 0.29) is 24.5 Å². The van der Waals surface area contributed by atoms with Crippen LogP contribution in [0.1, 0.15) is 55.3 Å². The Morgan fingerprint density at radius 1 is 1.08 bits per heavy atom. The van der Waals surface area contributed by atoms with Crippen molar-refractivity contribution in [3.05, 3.63) is 59.2 Å². The van der Waals surface area contributed by atoms with Gasteiger partial charge in [0.15, 0.2) is 0 Å². The number of rotatable bonds is 8. The van der Waals surface area contributed by atoms with Crippen LogP contribution in [0.5, 0.6) is 11.5 Å². The van der Waals surface area contributed by atoms with E-state index in [9.17, 15) is 9.59 Å². The highest BCUT2D eigenvalue weighted by Gasteiger charge is 2.38. The van der Waals surface area contributed by atoms with Crippen molar-refractivity contribution < 1.29 is 23.8 Å². The maximum absolute atomic E-state index is 13.7. The minimum Gasteiger partial charge on any atom is -0.497 e. The number of ether oxygens (including phenoxy) is 3. The molecule has 192 valence electrons. The molecule has 1 amide bonds. The van der Waals surface area contributed by atoms with Crippen molar-refractivity contribution in [1.82, 2.24) is 9.91 Å². The lowest BCUT2D eigenvalue weighted by Crippen LogP contribution is -2.49. The van der Waals surface area contributed by atoms with Gasteiger partial charge in [-0.05, 0) is 50.9 Å². The van der Waals surface area contributed by atoms with E-state index in [1.807, 2.05) is 48.2 Å². The first kappa shape index (κ1) is 25.7. The molecule has 2 aromatic carbocycles. The van der Waals surface area contributed by atoms with E-state index in [0.29, 0.717) is 37.5 Å². The van der Waals surface area contributed by atoms with E-state index in [2.05, 4.69) is 6.07 Å². The number of benzene rings is 2. The predicted molar refractivity (Wildman–Crippen MR) is 137 cm³/mol. The van der Waals surface area contributed by atoms with Crippen molar-refractivity contribution in [2.75, 3.05) is 33.9 Å². The maximum Gasteiger partial charge on any atom is 0.323 e. The number of methoxy groups -OCH3 is 2. The van der Waals surface area contributed by atoms with Crippen molar-refractivity contribution in [2.24, 2.45) is 5.10 Å². The minimum atomic E-state index is -0.403. The number of hydrazone groups is 1. The minimum absolute atomic E-state index is 0.100. The zero-order valence-electron chi connectivity index (χ0n) is 21.5. The fourth-order valence-electron chi connectivity index (χ4n) is 5.01. The largest absolute Gasteiger partial charge is 0.497 e. The number of nitrogens with zero attached hydrogens (tertiary/aromatic N) is 3. The molecule has 4 rings (SSSR count). The van der Waals surface area contributed by atoms with Gasteiger partial charge in [0, 0.05) is 18.1 Å². The first-order valence-electron chi connectivity index (χ1n) is 12.5. The lowest BCUT2D eigenvalue weighted by molar-refractivity contribution is -0.152. The van der Waals surface area contributed by atoms with Crippen LogP contribution in [0.4, 0.5) is 0 Å². The van der Waals surface area contributed by atoms with E-state index in [1.165, 1.54) is 0 Å². The number of esters is 1. The summed E-state index contributed by atoms with van der Waals surface area (Å²) in [6.45, 7) is 4.94. The number of piperidine rings is 1. The molecule has 0 aliphatic carbocycles. The van der Waals surface area contributed by atoms with Gasteiger partial charge in [-0.2, -0.15) is 5.10 Å². The number of likely N-dealkylation sites (tertiary alicyclic amines) is 1. The van der Waals surface area contributed by atoms with Crippen LogP contribution in [-0.4, -0.2) is 67.5 Å². The Kier molecular flexibility index (Phi) is 8.25. The van der Waals surface area contributed by atoms with Gasteiger partial charge >= 0.3 is 5.97 Å². The molecular weight excluding hydrogens is 458 g/mol. The summed E-state index contributed by atoms with van der Waals surface area (Å²) < 4.78 is 16.3. The molecule has 2 aliphatic heterocycles. The average Bonchev–Trinajstić information content (AvgIpc) is 3.34. The van der Waals surface area contributed by atoms with Gasteiger partial charge in [0.2, 0.25) is 0 Å². The summed E-state index contributed by atoms with van der Waals surface area (Å²) in [6.07, 6.45) is 3.13. The van der Waals surface area contributed by atoms with E-state index in [4.69, 9.17) is 19.3 Å². The van der Waals surface area contributed by atoms with E-state index < -0.39 is 6.04 Å². The van der Waals surface area contributed by atoms with Crippen LogP contribution in [0.3, 0.4) is 0 Å². The highest BCUT2D eigenvalue weighted by atomic mass is 16.5. The molecule has 0 saturated carbocycles. The summed E-state index contributed by atoms with van der Waals surface area (Å²) in [5.74, 6) is 0.901. The molecule has 8 nitrogen and oxygen atoms in total. The SMILES string of the molecule is CCOC(=O)C1CCCCN1CC(=O)N1N=C(c2cccc(C)c2)CC1c1ccc(OC)cc1OC. The van der Waals surface area contributed by atoms with Gasteiger partial charge in [0.25, 0.3) is 5.91 Å². The highest BCUT2D eigenvalue weighted by Crippen LogP contribution is 2.39. The van der Waals surface area contributed by atoms with E-state index in [1.54, 1.807) is 26.2 Å². The van der Waals surface area contributed by atoms with Crippen molar-refractivity contribution in [3.8, 4) is 11.5 Å². The molecule has 2 aliphatic rings. The molecule has 8 heteroatoms. The van der Waals surface area contributed by atoms with Crippen molar-refractivity contribution in [3.63, 3.8) is 0 Å². The van der Waals surface area contributed by atoms with Gasteiger partial charge in [-0.25, -0.2) is 5.01 Å². The lowest BCUT2D eigenvalue weighted by atomic mass is 9.96. The van der Waals surface area contributed by atoms with Gasteiger partial charge in [-0.1, -0.05) is 36.2 Å². The molecule has 0 radical (unpaired) electrons. The quantitative estimate of drug-likeness (QED) is 0.515. The number of carbonyl (C=O) groups excluding carboxylic acids is 2. The van der Waals surface area contributed by atoms with E-state index in [0.717, 1.165) is 35.2 Å². The Bertz CT molecular complexity index is 1130. The second-order valence-corrected chi connectivity index (χ2v) is 9.22. The molecule has 2 unspecified atom stereocenters. The third kappa shape index (κ3) is 5.54. The maximum atomic E-state index is 13.7. The lowest BCUT2D eigenvalue weighted by Gasteiger charge is -2.34. The van der Waals surface area contributed by atoms with Crippen molar-refractivity contribution >= 4 is 17.6 Å². The van der Waals surface area contributed by atoms with Gasteiger partial charge in [0.05, 0.1) is 39.1 Å². The summed E-state index contributed by atoms with van der Waals surface area (Å²) in [5.41, 5.74) is 3.82. The molecule has 0 spiro atoms. The molecule has 1 saturated heterocycles. The number of hydrogen-bond acceptors (Lipinski definition) is 7. The molecule has 2 aromatic rings. The number of carbonyl (C=O) groups is 2. The summed E-state index contributed by atoms with van der Waals surface area (Å²) in [6, 6.07) is 13.0. The topological polar surface area (TPSA) is 80.7 Å². The Labute approximate surface area is 212 Å². The van der Waals surface area contributed by atoms with E-state index >= 15 is 0 Å². The van der Waals surface area contributed by atoms with Crippen LogP contribution in [0.15, 0.2) is 47.6 Å². The van der Waals surface area contributed by atoms with Crippen LogP contribution in [-0.2, 0) is 14.3 Å². The predicted octanol–water partition coefficient (Wildman–Crippen LogP) is 4.11. The second-order valence-electron chi connectivity index (χ2n) is 9.22. The van der Waals surface area contributed by atoms with Crippen molar-refractivity contribution in [2.45, 2.75) is 51.6 Å². The van der Waals surface area contributed by atoms with Crippen LogP contribution >= 0.6 is 0 Å². The summed E-state index contributed by atoms with van der Waals surface area (Å²) in [7, 11) is 3.22. The smallest absolute Gasteiger partial charge is 0.323 e. The first-order valence-corrected chi connectivity index (χ1v) is 12.5. The van der Waals surface area contributed by atoms with Crippen molar-refractivity contribution in [1.29, 1.82) is 0 Å². The number of hydrogen-bond donors (Lipinski definition) is 0. The van der Waals surface area contributed by atoms with Crippen LogP contribution in [0.25, 0.3) is 0 Å². The molecule has 0 N–H and O–H groups in total. The zero-order chi connectivity index (χ0) is 25.7. The van der Waals surface area contributed by atoms with Gasteiger partial charge < -0.3 is 14.2 Å². The summed E-state index contributed by atoms with van der Waals surface area (Å²) in [5, 5.41) is 6.39. The second kappa shape index (κ2) is 11.6. The standard InChI is InChI=1S/C28H35N3O5/c1-5-36-28(33)24-11-6-7-14-30(24)18-27(32)31-25(22-13-12-21(34-3)16-26(22)35-4)17-23(29-31)20-10-8-9-19(2)15-20/h8-10,12-13,15-16,24-25H,5-7,11,14,17-18H2,1-4H3. The fraction of sp³-hybridized carbons (Fsp3) is 0.464. The van der Waals surface area contributed by atoms with Gasteiger partial charge in [0.1, 0.15) is 17.5 Å². The normalized spacial score (nSPS) is 20.1.